The van der Waals surface area contributed by atoms with Gasteiger partial charge in [-0.25, -0.2) is 0 Å². The molecule has 8 heteroatoms. The number of aromatic hydroxyl groups is 1. The Bertz CT molecular complexity index is 648. The molecule has 2 rings (SSSR count). The Morgan fingerprint density at radius 1 is 1.20 bits per heavy atom. The van der Waals surface area contributed by atoms with Gasteiger partial charge in [0.25, 0.3) is 5.69 Å². The van der Waals surface area contributed by atoms with E-state index in [9.17, 15) is 19.4 Å². The highest BCUT2D eigenvalue weighted by Gasteiger charge is 2.12. The molecule has 0 saturated heterocycles. The summed E-state index contributed by atoms with van der Waals surface area (Å²) in [7, 11) is 0. The van der Waals surface area contributed by atoms with Crippen molar-refractivity contribution >= 4 is 22.6 Å². The van der Waals surface area contributed by atoms with Crippen LogP contribution >= 0.6 is 0 Å². The zero-order chi connectivity index (χ0) is 14.5. The third kappa shape index (κ3) is 3.45. The Balaban J connectivity index is 2.11. The Hall–Kier alpha value is -2.61. The maximum atomic E-state index is 11.7. The highest BCUT2D eigenvalue weighted by Crippen LogP contribution is 2.28. The number of benzene rings is 2. The molecular weight excluding hydrogens is 284 g/mol. The number of para-hydroxylation sites is 1. The molecule has 0 bridgehead atoms. The standard InChI is InChI=1S/C12H10N2O5S/c15-12-7-6-9(14(16)17)8-11(12)13-20(18)19-10-4-2-1-3-5-10/h1-8,13,15H. The molecule has 0 amide bonds. The molecule has 0 aromatic heterocycles. The molecule has 0 radical (unpaired) electrons. The second-order valence-electron chi connectivity index (χ2n) is 3.69. The second-order valence-corrected chi connectivity index (χ2v) is 4.53. The van der Waals surface area contributed by atoms with Gasteiger partial charge in [-0.2, -0.15) is 4.21 Å². The molecule has 0 heterocycles. The molecule has 1 atom stereocenters. The summed E-state index contributed by atoms with van der Waals surface area (Å²) in [5.41, 5.74) is -0.282. The van der Waals surface area contributed by atoms with E-state index in [1.165, 1.54) is 0 Å². The number of rotatable bonds is 5. The first kappa shape index (κ1) is 13.8. The molecule has 20 heavy (non-hydrogen) atoms. The van der Waals surface area contributed by atoms with E-state index in [-0.39, 0.29) is 17.1 Å². The van der Waals surface area contributed by atoms with Crippen LogP contribution in [-0.4, -0.2) is 14.2 Å². The van der Waals surface area contributed by atoms with Gasteiger partial charge in [0.05, 0.1) is 10.6 Å². The number of nitrogens with zero attached hydrogens (tertiary/aromatic N) is 1. The summed E-state index contributed by atoms with van der Waals surface area (Å²) in [6, 6.07) is 11.7. The van der Waals surface area contributed by atoms with Crippen molar-refractivity contribution in [3.63, 3.8) is 0 Å². The van der Waals surface area contributed by atoms with E-state index in [1.807, 2.05) is 0 Å². The fraction of sp³-hybridized carbons (Fsp3) is 0. The first-order valence-electron chi connectivity index (χ1n) is 5.45. The number of nitro benzene ring substituents is 1. The summed E-state index contributed by atoms with van der Waals surface area (Å²) >= 11 is -1.99. The minimum absolute atomic E-state index is 0.0477. The summed E-state index contributed by atoms with van der Waals surface area (Å²) in [5, 5.41) is 20.2. The van der Waals surface area contributed by atoms with E-state index in [2.05, 4.69) is 4.72 Å². The van der Waals surface area contributed by atoms with Gasteiger partial charge in [-0.15, -0.1) is 0 Å². The fourth-order valence-corrected chi connectivity index (χ4v) is 2.06. The lowest BCUT2D eigenvalue weighted by molar-refractivity contribution is -0.384. The molecule has 0 fully saturated rings. The number of nitro groups is 1. The summed E-state index contributed by atoms with van der Waals surface area (Å²) in [4.78, 5) is 10.0. The highest BCUT2D eigenvalue weighted by molar-refractivity contribution is 7.82. The van der Waals surface area contributed by atoms with E-state index < -0.39 is 16.2 Å². The van der Waals surface area contributed by atoms with Crippen LogP contribution in [0.5, 0.6) is 11.5 Å². The molecule has 2 N–H and O–H groups in total. The van der Waals surface area contributed by atoms with Crippen LogP contribution in [0.2, 0.25) is 0 Å². The molecule has 104 valence electrons. The maximum Gasteiger partial charge on any atom is 0.316 e. The molecule has 0 spiro atoms. The van der Waals surface area contributed by atoms with Crippen LogP contribution in [-0.2, 0) is 11.3 Å². The third-order valence-electron chi connectivity index (χ3n) is 2.30. The Morgan fingerprint density at radius 2 is 1.90 bits per heavy atom. The number of hydrogen-bond donors (Lipinski definition) is 2. The van der Waals surface area contributed by atoms with E-state index >= 15 is 0 Å². The maximum absolute atomic E-state index is 11.7. The van der Waals surface area contributed by atoms with Crippen molar-refractivity contribution in [3.05, 3.63) is 58.6 Å². The average Bonchev–Trinajstić information content (AvgIpc) is 2.42. The van der Waals surface area contributed by atoms with Crippen molar-refractivity contribution < 1.29 is 18.4 Å². The number of phenolic OH excluding ortho intramolecular Hbond substituents is 1. The van der Waals surface area contributed by atoms with Crippen LogP contribution in [0, 0.1) is 10.1 Å². The number of hydrogen-bond acceptors (Lipinski definition) is 5. The van der Waals surface area contributed by atoms with Crippen molar-refractivity contribution in [1.82, 2.24) is 0 Å². The predicted molar refractivity (Wildman–Crippen MR) is 73.6 cm³/mol. The number of non-ortho nitro benzene ring substituents is 1. The van der Waals surface area contributed by atoms with Gasteiger partial charge in [0, 0.05) is 12.1 Å². The smallest absolute Gasteiger partial charge is 0.316 e. The molecule has 7 nitrogen and oxygen atoms in total. The van der Waals surface area contributed by atoms with Crippen LogP contribution in [0.15, 0.2) is 48.5 Å². The van der Waals surface area contributed by atoms with E-state index in [0.29, 0.717) is 5.75 Å². The number of nitrogens with one attached hydrogen (secondary N) is 1. The van der Waals surface area contributed by atoms with Gasteiger partial charge in [-0.05, 0) is 18.2 Å². The lowest BCUT2D eigenvalue weighted by atomic mass is 10.2. The molecule has 0 aliphatic rings. The normalized spacial score (nSPS) is 11.6. The number of anilines is 1. The summed E-state index contributed by atoms with van der Waals surface area (Å²) < 4.78 is 19.1. The van der Waals surface area contributed by atoms with Crippen LogP contribution in [0.25, 0.3) is 0 Å². The third-order valence-corrected chi connectivity index (χ3v) is 3.03. The van der Waals surface area contributed by atoms with Gasteiger partial charge in [-0.3, -0.25) is 14.8 Å². The first-order valence-corrected chi connectivity index (χ1v) is 6.53. The van der Waals surface area contributed by atoms with Gasteiger partial charge >= 0.3 is 11.3 Å². The average molecular weight is 294 g/mol. The molecule has 0 aliphatic heterocycles. The molecule has 0 saturated carbocycles. The van der Waals surface area contributed by atoms with Gasteiger partial charge in [-0.1, -0.05) is 18.2 Å². The van der Waals surface area contributed by atoms with Gasteiger partial charge in [0.15, 0.2) is 0 Å². The van der Waals surface area contributed by atoms with Crippen LogP contribution < -0.4 is 8.91 Å². The van der Waals surface area contributed by atoms with Crippen molar-refractivity contribution in [1.29, 1.82) is 0 Å². The van der Waals surface area contributed by atoms with Crippen LogP contribution in [0.3, 0.4) is 0 Å². The van der Waals surface area contributed by atoms with Crippen LogP contribution in [0.1, 0.15) is 0 Å². The lowest BCUT2D eigenvalue weighted by Crippen LogP contribution is -2.11. The molecular formula is C12H10N2O5S. The Morgan fingerprint density at radius 3 is 2.55 bits per heavy atom. The Kier molecular flexibility index (Phi) is 4.16. The quantitative estimate of drug-likeness (QED) is 0.500. The van der Waals surface area contributed by atoms with Crippen molar-refractivity contribution in [2.75, 3.05) is 4.72 Å². The van der Waals surface area contributed by atoms with Gasteiger partial charge in [0.1, 0.15) is 11.5 Å². The van der Waals surface area contributed by atoms with Gasteiger partial charge < -0.3 is 9.29 Å². The van der Waals surface area contributed by atoms with Crippen molar-refractivity contribution in [2.24, 2.45) is 0 Å². The predicted octanol–water partition coefficient (Wildman–Crippen LogP) is 2.37. The van der Waals surface area contributed by atoms with E-state index in [0.717, 1.165) is 18.2 Å². The summed E-state index contributed by atoms with van der Waals surface area (Å²) in [5.74, 6) is 0.101. The van der Waals surface area contributed by atoms with E-state index in [1.54, 1.807) is 30.3 Å². The SMILES string of the molecule is O=[N+]([O-])c1ccc(O)c(NS(=O)Oc2ccccc2)c1. The lowest BCUT2D eigenvalue weighted by Gasteiger charge is -2.08. The number of phenols is 1. The molecule has 2 aromatic rings. The van der Waals surface area contributed by atoms with Crippen molar-refractivity contribution in [3.8, 4) is 11.5 Å². The molecule has 2 aromatic carbocycles. The molecule has 1 unspecified atom stereocenters. The topological polar surface area (TPSA) is 102 Å². The van der Waals surface area contributed by atoms with Gasteiger partial charge in [0.2, 0.25) is 0 Å². The highest BCUT2D eigenvalue weighted by atomic mass is 32.2. The van der Waals surface area contributed by atoms with E-state index in [4.69, 9.17) is 4.18 Å². The fourth-order valence-electron chi connectivity index (χ4n) is 1.39. The second kappa shape index (κ2) is 6.02. The first-order chi connectivity index (χ1) is 9.56. The van der Waals surface area contributed by atoms with Crippen molar-refractivity contribution in [2.45, 2.75) is 0 Å². The minimum Gasteiger partial charge on any atom is -0.506 e. The Labute approximate surface area is 116 Å². The molecule has 0 aliphatic carbocycles. The van der Waals surface area contributed by atoms with Crippen LogP contribution in [0.4, 0.5) is 11.4 Å². The largest absolute Gasteiger partial charge is 0.506 e. The minimum atomic E-state index is -1.99. The monoisotopic (exact) mass is 294 g/mol. The zero-order valence-corrected chi connectivity index (χ0v) is 10.9. The summed E-state index contributed by atoms with van der Waals surface area (Å²) in [6.45, 7) is 0. The summed E-state index contributed by atoms with van der Waals surface area (Å²) in [6.07, 6.45) is 0. The zero-order valence-electron chi connectivity index (χ0n) is 10.1.